The zero-order valence-corrected chi connectivity index (χ0v) is 7.68. The number of ether oxygens (including phenoxy) is 1. The van der Waals surface area contributed by atoms with E-state index in [-0.39, 0.29) is 24.3 Å². The molecule has 0 aliphatic rings. The van der Waals surface area contributed by atoms with E-state index < -0.39 is 11.6 Å². The van der Waals surface area contributed by atoms with Crippen LogP contribution < -0.4 is 4.74 Å². The van der Waals surface area contributed by atoms with Gasteiger partial charge in [-0.3, -0.25) is 0 Å². The Hall–Kier alpha value is -1.63. The smallest absolute Gasteiger partial charge is 0.168 e. The van der Waals surface area contributed by atoms with Crippen LogP contribution in [0.5, 0.6) is 5.75 Å². The van der Waals surface area contributed by atoms with E-state index in [4.69, 9.17) is 10.00 Å². The highest BCUT2D eigenvalue weighted by atomic mass is 19.1. The van der Waals surface area contributed by atoms with Gasteiger partial charge in [-0.2, -0.15) is 5.26 Å². The second-order valence-corrected chi connectivity index (χ2v) is 2.64. The van der Waals surface area contributed by atoms with Crippen LogP contribution in [0.25, 0.3) is 0 Å². The number of rotatable bonds is 3. The SMILES string of the molecule is CCOc1c(F)cc(F)cc1CC#N. The Morgan fingerprint density at radius 2 is 2.14 bits per heavy atom. The van der Waals surface area contributed by atoms with Crippen molar-refractivity contribution in [1.82, 2.24) is 0 Å². The fraction of sp³-hybridized carbons (Fsp3) is 0.300. The highest BCUT2D eigenvalue weighted by Crippen LogP contribution is 2.24. The van der Waals surface area contributed by atoms with Crippen LogP contribution in [0.15, 0.2) is 12.1 Å². The molecule has 0 bridgehead atoms. The standard InChI is InChI=1S/C10H9F2NO/c1-2-14-10-7(3-4-13)5-8(11)6-9(10)12/h5-6H,2-3H2,1H3. The van der Waals surface area contributed by atoms with Crippen LogP contribution in [0.3, 0.4) is 0 Å². The van der Waals surface area contributed by atoms with Gasteiger partial charge in [-0.05, 0) is 13.0 Å². The van der Waals surface area contributed by atoms with Gasteiger partial charge in [-0.15, -0.1) is 0 Å². The second-order valence-electron chi connectivity index (χ2n) is 2.64. The first-order chi connectivity index (χ1) is 6.69. The van der Waals surface area contributed by atoms with E-state index in [1.165, 1.54) is 0 Å². The largest absolute Gasteiger partial charge is 0.490 e. The van der Waals surface area contributed by atoms with Gasteiger partial charge in [-0.25, -0.2) is 8.78 Å². The number of halogens is 2. The van der Waals surface area contributed by atoms with Crippen molar-refractivity contribution in [2.75, 3.05) is 6.61 Å². The van der Waals surface area contributed by atoms with E-state index in [9.17, 15) is 8.78 Å². The lowest BCUT2D eigenvalue weighted by Gasteiger charge is -2.08. The van der Waals surface area contributed by atoms with Crippen molar-refractivity contribution in [1.29, 1.82) is 5.26 Å². The molecule has 74 valence electrons. The molecule has 0 amide bonds. The summed E-state index contributed by atoms with van der Waals surface area (Å²) in [5.74, 6) is -1.50. The lowest BCUT2D eigenvalue weighted by molar-refractivity contribution is 0.317. The molecular formula is C10H9F2NO. The van der Waals surface area contributed by atoms with Gasteiger partial charge >= 0.3 is 0 Å². The van der Waals surface area contributed by atoms with Gasteiger partial charge in [0.05, 0.1) is 19.1 Å². The number of benzene rings is 1. The van der Waals surface area contributed by atoms with Crippen LogP contribution in [0.2, 0.25) is 0 Å². The topological polar surface area (TPSA) is 33.0 Å². The molecule has 1 rings (SSSR count). The van der Waals surface area contributed by atoms with Gasteiger partial charge in [-0.1, -0.05) is 0 Å². The normalized spacial score (nSPS) is 9.57. The Kier molecular flexibility index (Phi) is 3.41. The van der Waals surface area contributed by atoms with Crippen LogP contribution in [-0.4, -0.2) is 6.61 Å². The average Bonchev–Trinajstić information content (AvgIpc) is 2.11. The third kappa shape index (κ3) is 2.19. The summed E-state index contributed by atoms with van der Waals surface area (Å²) in [6.07, 6.45) is -0.0655. The highest BCUT2D eigenvalue weighted by Gasteiger charge is 2.11. The Balaban J connectivity index is 3.16. The molecule has 0 aliphatic heterocycles. The number of hydrogen-bond donors (Lipinski definition) is 0. The van der Waals surface area contributed by atoms with E-state index >= 15 is 0 Å². The Labute approximate surface area is 80.7 Å². The zero-order chi connectivity index (χ0) is 10.6. The van der Waals surface area contributed by atoms with Gasteiger partial charge in [0.25, 0.3) is 0 Å². The van der Waals surface area contributed by atoms with Crippen LogP contribution in [0, 0.1) is 23.0 Å². The molecule has 4 heteroatoms. The first-order valence-electron chi connectivity index (χ1n) is 4.16. The summed E-state index contributed by atoms with van der Waals surface area (Å²) in [4.78, 5) is 0. The molecule has 0 spiro atoms. The summed E-state index contributed by atoms with van der Waals surface area (Å²) in [7, 11) is 0. The lowest BCUT2D eigenvalue weighted by Crippen LogP contribution is -2.00. The minimum atomic E-state index is -0.767. The average molecular weight is 197 g/mol. The maximum atomic E-state index is 13.1. The predicted octanol–water partition coefficient (Wildman–Crippen LogP) is 2.43. The van der Waals surface area contributed by atoms with Crippen LogP contribution in [0.4, 0.5) is 8.78 Å². The number of nitriles is 1. The zero-order valence-electron chi connectivity index (χ0n) is 7.68. The Morgan fingerprint density at radius 3 is 2.71 bits per heavy atom. The first kappa shape index (κ1) is 10.5. The number of hydrogen-bond acceptors (Lipinski definition) is 2. The highest BCUT2D eigenvalue weighted by molar-refractivity contribution is 5.37. The Bertz CT molecular complexity index is 371. The van der Waals surface area contributed by atoms with E-state index in [0.717, 1.165) is 12.1 Å². The molecule has 1 aromatic rings. The van der Waals surface area contributed by atoms with E-state index in [2.05, 4.69) is 0 Å². The monoisotopic (exact) mass is 197 g/mol. The minimum Gasteiger partial charge on any atom is -0.490 e. The summed E-state index contributed by atoms with van der Waals surface area (Å²) in [6.45, 7) is 1.97. The fourth-order valence-corrected chi connectivity index (χ4v) is 1.14. The molecule has 0 radical (unpaired) electrons. The van der Waals surface area contributed by atoms with E-state index in [1.807, 2.05) is 6.07 Å². The summed E-state index contributed by atoms with van der Waals surface area (Å²) >= 11 is 0. The van der Waals surface area contributed by atoms with Crippen LogP contribution >= 0.6 is 0 Å². The summed E-state index contributed by atoms with van der Waals surface area (Å²) in [5.41, 5.74) is 0.242. The molecule has 0 saturated heterocycles. The van der Waals surface area contributed by atoms with Gasteiger partial charge in [0.2, 0.25) is 0 Å². The Morgan fingerprint density at radius 1 is 1.43 bits per heavy atom. The van der Waals surface area contributed by atoms with Crippen molar-refractivity contribution in [2.45, 2.75) is 13.3 Å². The van der Waals surface area contributed by atoms with E-state index in [0.29, 0.717) is 0 Å². The third-order valence-corrected chi connectivity index (χ3v) is 1.64. The van der Waals surface area contributed by atoms with E-state index in [1.54, 1.807) is 6.92 Å². The van der Waals surface area contributed by atoms with Crippen molar-refractivity contribution in [3.63, 3.8) is 0 Å². The van der Waals surface area contributed by atoms with Crippen molar-refractivity contribution >= 4 is 0 Å². The predicted molar refractivity (Wildman–Crippen MR) is 46.8 cm³/mol. The molecule has 0 unspecified atom stereocenters. The van der Waals surface area contributed by atoms with Gasteiger partial charge < -0.3 is 4.74 Å². The molecule has 1 aromatic carbocycles. The lowest BCUT2D eigenvalue weighted by atomic mass is 10.1. The summed E-state index contributed by atoms with van der Waals surface area (Å²) < 4.78 is 30.9. The third-order valence-electron chi connectivity index (χ3n) is 1.64. The quantitative estimate of drug-likeness (QED) is 0.745. The molecule has 14 heavy (non-hydrogen) atoms. The molecule has 0 saturated carbocycles. The van der Waals surface area contributed by atoms with Crippen molar-refractivity contribution in [3.8, 4) is 11.8 Å². The summed E-state index contributed by atoms with van der Waals surface area (Å²) in [5, 5.41) is 8.44. The van der Waals surface area contributed by atoms with Crippen LogP contribution in [-0.2, 0) is 6.42 Å². The number of nitrogens with zero attached hydrogens (tertiary/aromatic N) is 1. The molecule has 0 N–H and O–H groups in total. The minimum absolute atomic E-state index is 0.0320. The molecule has 0 atom stereocenters. The van der Waals surface area contributed by atoms with Gasteiger partial charge in [0, 0.05) is 11.6 Å². The fourth-order valence-electron chi connectivity index (χ4n) is 1.14. The van der Waals surface area contributed by atoms with Gasteiger partial charge in [0.1, 0.15) is 5.82 Å². The summed E-state index contributed by atoms with van der Waals surface area (Å²) in [6, 6.07) is 3.67. The van der Waals surface area contributed by atoms with Gasteiger partial charge in [0.15, 0.2) is 11.6 Å². The maximum Gasteiger partial charge on any atom is 0.168 e. The first-order valence-corrected chi connectivity index (χ1v) is 4.16. The molecule has 0 aromatic heterocycles. The maximum absolute atomic E-state index is 13.1. The van der Waals surface area contributed by atoms with Crippen LogP contribution in [0.1, 0.15) is 12.5 Å². The second kappa shape index (κ2) is 4.56. The molecular weight excluding hydrogens is 188 g/mol. The van der Waals surface area contributed by atoms with Crippen molar-refractivity contribution < 1.29 is 13.5 Å². The molecule has 0 fully saturated rings. The van der Waals surface area contributed by atoms with Crippen molar-refractivity contribution in [3.05, 3.63) is 29.3 Å². The molecule has 2 nitrogen and oxygen atoms in total. The van der Waals surface area contributed by atoms with Crippen molar-refractivity contribution in [2.24, 2.45) is 0 Å². The molecule has 0 aliphatic carbocycles. The molecule has 0 heterocycles.